The summed E-state index contributed by atoms with van der Waals surface area (Å²) in [5.41, 5.74) is 1.69. The van der Waals surface area contributed by atoms with E-state index >= 15 is 0 Å². The van der Waals surface area contributed by atoms with Crippen molar-refractivity contribution < 1.29 is 36.7 Å². The zero-order valence-electron chi connectivity index (χ0n) is 16.6. The fraction of sp³-hybridized carbons (Fsp3) is 0.429. The van der Waals surface area contributed by atoms with Crippen LogP contribution in [0, 0.1) is 6.92 Å². The summed E-state index contributed by atoms with van der Waals surface area (Å²) in [4.78, 5) is -0.0210. The van der Waals surface area contributed by atoms with E-state index in [0.717, 1.165) is 11.1 Å². The van der Waals surface area contributed by atoms with Crippen molar-refractivity contribution in [2.24, 2.45) is 0 Å². The van der Waals surface area contributed by atoms with Crippen molar-refractivity contribution in [2.45, 2.75) is 48.8 Å². The Morgan fingerprint density at radius 1 is 1.03 bits per heavy atom. The first-order chi connectivity index (χ1) is 14.4. The number of hydrogen-bond acceptors (Lipinski definition) is 8. The maximum absolute atomic E-state index is 12.8. The minimum atomic E-state index is -4.16. The van der Waals surface area contributed by atoms with Crippen molar-refractivity contribution >= 4 is 10.1 Å². The topological polar surface area (TPSA) is 101 Å². The zero-order chi connectivity index (χ0) is 21.3. The standard InChI is InChI=1S/C21H24O8S/c1-13-8-10-15(11-9-13)30(23,24)29-19-17(22)18-16(27-21(19)25-2)12-26-20(28-18)14-6-4-3-5-7-14/h3-11,16-22H,12H2,1-2H3/t16-,17+,18-,19-,20-,21-/m1/s1. The molecule has 2 fully saturated rings. The maximum atomic E-state index is 12.8. The molecule has 4 rings (SSSR count). The van der Waals surface area contributed by atoms with Gasteiger partial charge in [-0.2, -0.15) is 8.42 Å². The first kappa shape index (κ1) is 21.4. The second-order valence-corrected chi connectivity index (χ2v) is 8.85. The van der Waals surface area contributed by atoms with Crippen LogP contribution in [-0.4, -0.2) is 57.9 Å². The average molecular weight is 436 g/mol. The van der Waals surface area contributed by atoms with Gasteiger partial charge in [-0.25, -0.2) is 0 Å². The molecule has 0 saturated carbocycles. The molecule has 2 saturated heterocycles. The van der Waals surface area contributed by atoms with Crippen LogP contribution in [0.25, 0.3) is 0 Å². The number of aliphatic hydroxyl groups excluding tert-OH is 1. The Hall–Kier alpha value is -1.85. The molecule has 2 aromatic rings. The van der Waals surface area contributed by atoms with Gasteiger partial charge in [-0.1, -0.05) is 48.0 Å². The van der Waals surface area contributed by atoms with Gasteiger partial charge in [-0.05, 0) is 19.1 Å². The molecular formula is C21H24O8S. The Morgan fingerprint density at radius 2 is 1.73 bits per heavy atom. The van der Waals surface area contributed by atoms with Crippen molar-refractivity contribution in [1.82, 2.24) is 0 Å². The lowest BCUT2D eigenvalue weighted by molar-refractivity contribution is -0.354. The van der Waals surface area contributed by atoms with Crippen LogP contribution in [0.3, 0.4) is 0 Å². The SMILES string of the molecule is CO[C@@H]1O[C@@H]2CO[C@@H](c3ccccc3)O[C@H]2[C@H](O)[C@H]1OS(=O)(=O)c1ccc(C)cc1. The van der Waals surface area contributed by atoms with E-state index in [1.54, 1.807) is 12.1 Å². The first-order valence-electron chi connectivity index (χ1n) is 9.57. The largest absolute Gasteiger partial charge is 0.387 e. The highest BCUT2D eigenvalue weighted by Gasteiger charge is 2.51. The van der Waals surface area contributed by atoms with E-state index in [1.807, 2.05) is 37.3 Å². The lowest BCUT2D eigenvalue weighted by Gasteiger charge is -2.46. The molecule has 8 nitrogen and oxygen atoms in total. The second-order valence-electron chi connectivity index (χ2n) is 7.27. The van der Waals surface area contributed by atoms with E-state index in [4.69, 9.17) is 23.1 Å². The molecule has 0 unspecified atom stereocenters. The van der Waals surface area contributed by atoms with Gasteiger partial charge < -0.3 is 24.1 Å². The normalized spacial score (nSPS) is 31.8. The highest BCUT2D eigenvalue weighted by Crippen LogP contribution is 2.36. The summed E-state index contributed by atoms with van der Waals surface area (Å²) in [6.07, 6.45) is -5.93. The van der Waals surface area contributed by atoms with E-state index in [2.05, 4.69) is 0 Å². The van der Waals surface area contributed by atoms with E-state index < -0.39 is 47.1 Å². The molecule has 0 radical (unpaired) electrons. The van der Waals surface area contributed by atoms with E-state index in [0.29, 0.717) is 0 Å². The van der Waals surface area contributed by atoms with Gasteiger partial charge in [0.2, 0.25) is 0 Å². The van der Waals surface area contributed by atoms with Crippen molar-refractivity contribution in [3.63, 3.8) is 0 Å². The number of aryl methyl sites for hydroxylation is 1. The fourth-order valence-corrected chi connectivity index (χ4v) is 4.62. The van der Waals surface area contributed by atoms with Crippen molar-refractivity contribution in [2.75, 3.05) is 13.7 Å². The van der Waals surface area contributed by atoms with Crippen LogP contribution in [0.2, 0.25) is 0 Å². The lowest BCUT2D eigenvalue weighted by Crippen LogP contribution is -2.63. The smallest absolute Gasteiger partial charge is 0.297 e. The molecule has 6 atom stereocenters. The highest BCUT2D eigenvalue weighted by atomic mass is 32.2. The third-order valence-electron chi connectivity index (χ3n) is 5.16. The van der Waals surface area contributed by atoms with Crippen LogP contribution in [0.1, 0.15) is 17.4 Å². The molecule has 1 N–H and O–H groups in total. The molecule has 2 aliphatic rings. The lowest BCUT2D eigenvalue weighted by atomic mass is 9.98. The molecular weight excluding hydrogens is 412 g/mol. The summed E-state index contributed by atoms with van der Waals surface area (Å²) >= 11 is 0. The van der Waals surface area contributed by atoms with Gasteiger partial charge in [-0.3, -0.25) is 4.18 Å². The van der Waals surface area contributed by atoms with Crippen LogP contribution in [0.4, 0.5) is 0 Å². The van der Waals surface area contributed by atoms with Crippen molar-refractivity contribution in [3.05, 3.63) is 65.7 Å². The fourth-order valence-electron chi connectivity index (χ4n) is 3.55. The number of benzene rings is 2. The zero-order valence-corrected chi connectivity index (χ0v) is 17.4. The molecule has 0 spiro atoms. The first-order valence-corrected chi connectivity index (χ1v) is 11.0. The van der Waals surface area contributed by atoms with Crippen LogP contribution in [0.15, 0.2) is 59.5 Å². The third kappa shape index (κ3) is 4.28. The van der Waals surface area contributed by atoms with Gasteiger partial charge in [-0.15, -0.1) is 0 Å². The van der Waals surface area contributed by atoms with Crippen molar-refractivity contribution in [3.8, 4) is 0 Å². The molecule has 2 heterocycles. The van der Waals surface area contributed by atoms with Gasteiger partial charge in [0, 0.05) is 12.7 Å². The summed E-state index contributed by atoms with van der Waals surface area (Å²) in [6.45, 7) is 2.00. The number of methoxy groups -OCH3 is 1. The number of hydrogen-bond donors (Lipinski definition) is 1. The highest BCUT2D eigenvalue weighted by molar-refractivity contribution is 7.86. The minimum absolute atomic E-state index is 0.0210. The number of rotatable bonds is 5. The predicted molar refractivity (Wildman–Crippen MR) is 105 cm³/mol. The molecule has 0 aromatic heterocycles. The third-order valence-corrected chi connectivity index (χ3v) is 6.49. The van der Waals surface area contributed by atoms with E-state index in [1.165, 1.54) is 19.2 Å². The van der Waals surface area contributed by atoms with Crippen molar-refractivity contribution in [1.29, 1.82) is 0 Å². The van der Waals surface area contributed by atoms with Gasteiger partial charge in [0.05, 0.1) is 11.5 Å². The number of ether oxygens (including phenoxy) is 4. The Kier molecular flexibility index (Phi) is 6.21. The number of fused-ring (bicyclic) bond motifs is 1. The Morgan fingerprint density at radius 3 is 2.40 bits per heavy atom. The summed E-state index contributed by atoms with van der Waals surface area (Å²) < 4.78 is 53.5. The monoisotopic (exact) mass is 436 g/mol. The van der Waals surface area contributed by atoms with Gasteiger partial charge >= 0.3 is 0 Å². The van der Waals surface area contributed by atoms with Crippen LogP contribution >= 0.6 is 0 Å². The summed E-state index contributed by atoms with van der Waals surface area (Å²) in [6, 6.07) is 15.5. The Balaban J connectivity index is 1.55. The van der Waals surface area contributed by atoms with E-state index in [9.17, 15) is 13.5 Å². The van der Waals surface area contributed by atoms with Gasteiger partial charge in [0.1, 0.15) is 18.3 Å². The molecule has 30 heavy (non-hydrogen) atoms. The summed E-state index contributed by atoms with van der Waals surface area (Å²) in [7, 11) is -2.81. The molecule has 9 heteroatoms. The quantitative estimate of drug-likeness (QED) is 0.710. The van der Waals surface area contributed by atoms with E-state index in [-0.39, 0.29) is 11.5 Å². The molecule has 2 aliphatic heterocycles. The predicted octanol–water partition coefficient (Wildman–Crippen LogP) is 1.92. The molecule has 0 bridgehead atoms. The molecule has 2 aromatic carbocycles. The van der Waals surface area contributed by atoms with Crippen LogP contribution < -0.4 is 0 Å². The average Bonchev–Trinajstić information content (AvgIpc) is 2.76. The molecule has 162 valence electrons. The van der Waals surface area contributed by atoms with Crippen LogP contribution in [0.5, 0.6) is 0 Å². The van der Waals surface area contributed by atoms with Gasteiger partial charge in [0.15, 0.2) is 18.7 Å². The van der Waals surface area contributed by atoms with Crippen LogP contribution in [-0.2, 0) is 33.2 Å². The summed E-state index contributed by atoms with van der Waals surface area (Å²) in [5, 5.41) is 11.0. The molecule has 0 aliphatic carbocycles. The maximum Gasteiger partial charge on any atom is 0.297 e. The van der Waals surface area contributed by atoms with Gasteiger partial charge in [0.25, 0.3) is 10.1 Å². The second kappa shape index (κ2) is 8.72. The molecule has 0 amide bonds. The number of aliphatic hydroxyl groups is 1. The summed E-state index contributed by atoms with van der Waals surface area (Å²) in [5.74, 6) is 0. The Bertz CT molecular complexity index is 947. The minimum Gasteiger partial charge on any atom is -0.387 e. The Labute approximate surface area is 175 Å².